The Labute approximate surface area is 142 Å². The Morgan fingerprint density at radius 1 is 1.29 bits per heavy atom. The predicted octanol–water partition coefficient (Wildman–Crippen LogP) is 0.738. The van der Waals surface area contributed by atoms with E-state index in [-0.39, 0.29) is 17.7 Å². The van der Waals surface area contributed by atoms with E-state index < -0.39 is 0 Å². The number of rotatable bonds is 3. The van der Waals surface area contributed by atoms with Crippen LogP contribution in [0.4, 0.5) is 5.82 Å². The number of hydrogen-bond donors (Lipinski definition) is 1. The summed E-state index contributed by atoms with van der Waals surface area (Å²) in [6.07, 6.45) is 4.60. The third kappa shape index (κ3) is 3.66. The first-order valence-corrected chi connectivity index (χ1v) is 8.61. The molecule has 2 fully saturated rings. The van der Waals surface area contributed by atoms with E-state index in [0.29, 0.717) is 25.4 Å². The fraction of sp³-hybridized carbons (Fsp3) is 0.647. The van der Waals surface area contributed by atoms with Crippen LogP contribution in [0.2, 0.25) is 0 Å². The van der Waals surface area contributed by atoms with E-state index in [9.17, 15) is 9.59 Å². The van der Waals surface area contributed by atoms with Crippen molar-refractivity contribution in [2.45, 2.75) is 38.6 Å². The number of nitrogens with zero attached hydrogens (tertiary/aromatic N) is 4. The average Bonchev–Trinajstić information content (AvgIpc) is 2.61. The van der Waals surface area contributed by atoms with Gasteiger partial charge in [-0.1, -0.05) is 0 Å². The summed E-state index contributed by atoms with van der Waals surface area (Å²) in [5.74, 6) is 1.12. The molecule has 3 heterocycles. The van der Waals surface area contributed by atoms with Crippen LogP contribution in [0.3, 0.4) is 0 Å². The Kier molecular flexibility index (Phi) is 4.97. The molecule has 130 valence electrons. The van der Waals surface area contributed by atoms with Gasteiger partial charge >= 0.3 is 0 Å². The quantitative estimate of drug-likeness (QED) is 0.884. The number of carbonyl (C=O) groups excluding carboxylic acids is 2. The Morgan fingerprint density at radius 3 is 2.67 bits per heavy atom. The smallest absolute Gasteiger partial charge is 0.227 e. The number of aryl methyl sites for hydroxylation is 1. The van der Waals surface area contributed by atoms with E-state index in [2.05, 4.69) is 27.2 Å². The van der Waals surface area contributed by atoms with E-state index in [1.54, 1.807) is 6.33 Å². The van der Waals surface area contributed by atoms with E-state index in [1.165, 1.54) is 0 Å². The van der Waals surface area contributed by atoms with Crippen LogP contribution in [0, 0.1) is 12.8 Å². The van der Waals surface area contributed by atoms with Crippen LogP contribution >= 0.6 is 0 Å². The lowest BCUT2D eigenvalue weighted by Gasteiger charge is -2.39. The fourth-order valence-corrected chi connectivity index (χ4v) is 3.50. The Balaban J connectivity index is 1.53. The first kappa shape index (κ1) is 16.7. The second-order valence-corrected chi connectivity index (χ2v) is 6.72. The minimum absolute atomic E-state index is 0.0542. The molecule has 7 nitrogen and oxygen atoms in total. The monoisotopic (exact) mass is 331 g/mol. The molecule has 0 aliphatic carbocycles. The molecule has 0 bridgehead atoms. The molecule has 1 N–H and O–H groups in total. The van der Waals surface area contributed by atoms with Gasteiger partial charge in [-0.05, 0) is 26.2 Å². The highest BCUT2D eigenvalue weighted by Gasteiger charge is 2.31. The molecule has 0 saturated carbocycles. The summed E-state index contributed by atoms with van der Waals surface area (Å²) in [4.78, 5) is 36.5. The number of hydrogen-bond acceptors (Lipinski definition) is 5. The Bertz CT molecular complexity index is 603. The molecule has 1 aromatic heterocycles. The van der Waals surface area contributed by atoms with Crippen molar-refractivity contribution < 1.29 is 9.59 Å². The highest BCUT2D eigenvalue weighted by molar-refractivity contribution is 5.83. The van der Waals surface area contributed by atoms with E-state index in [0.717, 1.165) is 37.4 Å². The van der Waals surface area contributed by atoms with Crippen LogP contribution in [0.5, 0.6) is 0 Å². The molecule has 3 rings (SSSR count). The minimum atomic E-state index is -0.0542. The summed E-state index contributed by atoms with van der Waals surface area (Å²) < 4.78 is 0. The molecule has 2 amide bonds. The standard InChI is InChI=1S/C17H25N5O2/c1-12-9-15(20-11-19-12)21(2)14-5-7-22(8-6-14)17(24)13-3-4-16(23)18-10-13/h9,11,13-14H,3-8,10H2,1-2H3,(H,18,23). The topological polar surface area (TPSA) is 78.4 Å². The van der Waals surface area contributed by atoms with Gasteiger partial charge in [0.05, 0.1) is 5.92 Å². The molecule has 1 aromatic rings. The van der Waals surface area contributed by atoms with Gasteiger partial charge in [-0.2, -0.15) is 0 Å². The summed E-state index contributed by atoms with van der Waals surface area (Å²) in [6, 6.07) is 2.37. The molecular formula is C17H25N5O2. The molecular weight excluding hydrogens is 306 g/mol. The van der Waals surface area contributed by atoms with Crippen molar-refractivity contribution >= 4 is 17.6 Å². The van der Waals surface area contributed by atoms with E-state index >= 15 is 0 Å². The third-order valence-corrected chi connectivity index (χ3v) is 5.09. The molecule has 24 heavy (non-hydrogen) atoms. The van der Waals surface area contributed by atoms with Crippen LogP contribution in [0.25, 0.3) is 0 Å². The van der Waals surface area contributed by atoms with Crippen LogP contribution < -0.4 is 10.2 Å². The largest absolute Gasteiger partial charge is 0.356 e. The number of nitrogens with one attached hydrogen (secondary N) is 1. The van der Waals surface area contributed by atoms with Crippen LogP contribution in [0.15, 0.2) is 12.4 Å². The zero-order valence-electron chi connectivity index (χ0n) is 14.4. The molecule has 2 aliphatic heterocycles. The Hall–Kier alpha value is -2.18. The van der Waals surface area contributed by atoms with Gasteiger partial charge in [-0.3, -0.25) is 9.59 Å². The number of anilines is 1. The fourth-order valence-electron chi connectivity index (χ4n) is 3.50. The number of likely N-dealkylation sites (tertiary alicyclic amines) is 1. The Morgan fingerprint density at radius 2 is 2.04 bits per heavy atom. The van der Waals surface area contributed by atoms with Crippen molar-refractivity contribution in [1.29, 1.82) is 0 Å². The van der Waals surface area contributed by atoms with Crippen molar-refractivity contribution in [2.75, 3.05) is 31.6 Å². The lowest BCUT2D eigenvalue weighted by atomic mass is 9.95. The summed E-state index contributed by atoms with van der Waals surface area (Å²) in [5.41, 5.74) is 0.957. The molecule has 1 atom stereocenters. The maximum absolute atomic E-state index is 12.6. The number of amides is 2. The van der Waals surface area contributed by atoms with E-state index in [4.69, 9.17) is 0 Å². The van der Waals surface area contributed by atoms with Crippen molar-refractivity contribution in [3.8, 4) is 0 Å². The first-order valence-electron chi connectivity index (χ1n) is 8.61. The van der Waals surface area contributed by atoms with Gasteiger partial charge in [-0.15, -0.1) is 0 Å². The summed E-state index contributed by atoms with van der Waals surface area (Å²) in [5, 5.41) is 2.80. The van der Waals surface area contributed by atoms with Gasteiger partial charge < -0.3 is 15.1 Å². The average molecular weight is 331 g/mol. The van der Waals surface area contributed by atoms with Crippen molar-refractivity contribution in [3.63, 3.8) is 0 Å². The van der Waals surface area contributed by atoms with Crippen LogP contribution in [-0.4, -0.2) is 59.4 Å². The summed E-state index contributed by atoms with van der Waals surface area (Å²) in [6.45, 7) is 3.98. The number of piperidine rings is 2. The molecule has 2 saturated heterocycles. The minimum Gasteiger partial charge on any atom is -0.356 e. The second-order valence-electron chi connectivity index (χ2n) is 6.72. The summed E-state index contributed by atoms with van der Waals surface area (Å²) in [7, 11) is 2.06. The number of carbonyl (C=O) groups is 2. The maximum atomic E-state index is 12.6. The maximum Gasteiger partial charge on any atom is 0.227 e. The van der Waals surface area contributed by atoms with Gasteiger partial charge in [0.1, 0.15) is 12.1 Å². The van der Waals surface area contributed by atoms with Crippen molar-refractivity contribution in [3.05, 3.63) is 18.1 Å². The molecule has 1 unspecified atom stereocenters. The third-order valence-electron chi connectivity index (χ3n) is 5.09. The molecule has 2 aliphatic rings. The zero-order valence-corrected chi connectivity index (χ0v) is 14.4. The van der Waals surface area contributed by atoms with Crippen LogP contribution in [0.1, 0.15) is 31.4 Å². The molecule has 7 heteroatoms. The highest BCUT2D eigenvalue weighted by atomic mass is 16.2. The second kappa shape index (κ2) is 7.15. The van der Waals surface area contributed by atoms with Gasteiger partial charge in [0.25, 0.3) is 0 Å². The molecule has 0 spiro atoms. The number of aromatic nitrogens is 2. The first-order chi connectivity index (χ1) is 11.5. The van der Waals surface area contributed by atoms with Crippen molar-refractivity contribution in [1.82, 2.24) is 20.2 Å². The van der Waals surface area contributed by atoms with Crippen molar-refractivity contribution in [2.24, 2.45) is 5.92 Å². The lowest BCUT2D eigenvalue weighted by molar-refractivity contribution is -0.138. The molecule has 0 radical (unpaired) electrons. The SMILES string of the molecule is Cc1cc(N(C)C2CCN(C(=O)C3CCC(=O)NC3)CC2)ncn1. The van der Waals surface area contributed by atoms with Gasteiger partial charge in [0.15, 0.2) is 0 Å². The van der Waals surface area contributed by atoms with Crippen LogP contribution in [-0.2, 0) is 9.59 Å². The van der Waals surface area contributed by atoms with E-state index in [1.807, 2.05) is 17.9 Å². The highest BCUT2D eigenvalue weighted by Crippen LogP contribution is 2.23. The van der Waals surface area contributed by atoms with Gasteiger partial charge in [0.2, 0.25) is 11.8 Å². The molecule has 0 aromatic carbocycles. The van der Waals surface area contributed by atoms with Gasteiger partial charge in [-0.25, -0.2) is 9.97 Å². The lowest BCUT2D eigenvalue weighted by Crippen LogP contribution is -2.50. The zero-order chi connectivity index (χ0) is 17.1. The van der Waals surface area contributed by atoms with Gasteiger partial charge in [0, 0.05) is 50.9 Å². The predicted molar refractivity (Wildman–Crippen MR) is 90.5 cm³/mol. The normalized spacial score (nSPS) is 22.2. The summed E-state index contributed by atoms with van der Waals surface area (Å²) >= 11 is 0.